The van der Waals surface area contributed by atoms with E-state index in [1.54, 1.807) is 35.6 Å². The number of hydrogen-bond acceptors (Lipinski definition) is 4. The van der Waals surface area contributed by atoms with Gasteiger partial charge in [-0.2, -0.15) is 11.3 Å². The molecule has 0 aliphatic carbocycles. The molecule has 2 aromatic rings. The molecule has 18 heavy (non-hydrogen) atoms. The molecule has 1 heterocycles. The molecule has 0 bridgehead atoms. The maximum atomic E-state index is 11.3. The number of amides is 1. The summed E-state index contributed by atoms with van der Waals surface area (Å²) in [6, 6.07) is 8.85. The third kappa shape index (κ3) is 2.69. The third-order valence-corrected chi connectivity index (χ3v) is 3.25. The summed E-state index contributed by atoms with van der Waals surface area (Å²) in [6.45, 7) is 0.337. The normalized spacial score (nSPS) is 12.1. The fraction of sp³-hybridized carbons (Fsp3) is 0.154. The zero-order valence-electron chi connectivity index (χ0n) is 9.71. The van der Waals surface area contributed by atoms with Crippen LogP contribution in [0.1, 0.15) is 22.0 Å². The van der Waals surface area contributed by atoms with Gasteiger partial charge >= 0.3 is 0 Å². The third-order valence-electron chi connectivity index (χ3n) is 2.55. The average molecular weight is 262 g/mol. The van der Waals surface area contributed by atoms with Crippen LogP contribution in [0.5, 0.6) is 5.75 Å². The van der Waals surface area contributed by atoms with Crippen LogP contribution in [0.3, 0.4) is 0 Å². The zero-order valence-corrected chi connectivity index (χ0v) is 10.5. The number of ether oxygens (including phenoxy) is 1. The minimum absolute atomic E-state index is 0.267. The number of carbonyl (C=O) groups is 1. The molecule has 0 saturated heterocycles. The van der Waals surface area contributed by atoms with Gasteiger partial charge in [-0.25, -0.2) is 0 Å². The first kappa shape index (κ1) is 12.6. The number of carbonyl (C=O) groups excluding carboxylic acids is 1. The van der Waals surface area contributed by atoms with Gasteiger partial charge < -0.3 is 16.2 Å². The van der Waals surface area contributed by atoms with Gasteiger partial charge in [0.05, 0.1) is 5.56 Å². The number of nitrogens with two attached hydrogens (primary N) is 2. The van der Waals surface area contributed by atoms with Crippen LogP contribution in [0.2, 0.25) is 0 Å². The molecule has 4 N–H and O–H groups in total. The fourth-order valence-corrected chi connectivity index (χ4v) is 2.34. The van der Waals surface area contributed by atoms with E-state index in [1.807, 2.05) is 16.8 Å². The van der Waals surface area contributed by atoms with Crippen molar-refractivity contribution in [3.8, 4) is 5.75 Å². The molecule has 4 nitrogen and oxygen atoms in total. The van der Waals surface area contributed by atoms with E-state index in [0.717, 1.165) is 5.56 Å². The number of primary amides is 1. The summed E-state index contributed by atoms with van der Waals surface area (Å²) in [5, 5.41) is 3.94. The molecule has 1 unspecified atom stereocenters. The van der Waals surface area contributed by atoms with Gasteiger partial charge in [0.2, 0.25) is 0 Å². The molecule has 0 aliphatic heterocycles. The molecule has 0 fully saturated rings. The lowest BCUT2D eigenvalue weighted by atomic mass is 10.1. The predicted octanol–water partition coefficient (Wildman–Crippen LogP) is 1.93. The van der Waals surface area contributed by atoms with Crippen molar-refractivity contribution < 1.29 is 9.53 Å². The summed E-state index contributed by atoms with van der Waals surface area (Å²) in [5.74, 6) is -0.0432. The van der Waals surface area contributed by atoms with Crippen LogP contribution in [0.25, 0.3) is 0 Å². The summed E-state index contributed by atoms with van der Waals surface area (Å²) in [5.41, 5.74) is 12.4. The Morgan fingerprint density at radius 3 is 2.72 bits per heavy atom. The topological polar surface area (TPSA) is 78.3 Å². The monoisotopic (exact) mass is 262 g/mol. The van der Waals surface area contributed by atoms with E-state index in [4.69, 9.17) is 16.2 Å². The highest BCUT2D eigenvalue weighted by Crippen LogP contribution is 2.25. The van der Waals surface area contributed by atoms with E-state index in [1.165, 1.54) is 0 Å². The lowest BCUT2D eigenvalue weighted by Gasteiger charge is -2.18. The summed E-state index contributed by atoms with van der Waals surface area (Å²) in [7, 11) is 0. The van der Waals surface area contributed by atoms with Crippen molar-refractivity contribution in [2.24, 2.45) is 11.5 Å². The van der Waals surface area contributed by atoms with Crippen LogP contribution >= 0.6 is 11.3 Å². The second-order valence-electron chi connectivity index (χ2n) is 3.76. The van der Waals surface area contributed by atoms with Crippen LogP contribution in [0, 0.1) is 0 Å². The van der Waals surface area contributed by atoms with Crippen molar-refractivity contribution in [2.45, 2.75) is 6.10 Å². The molecule has 1 aromatic carbocycles. The summed E-state index contributed by atoms with van der Waals surface area (Å²) in [4.78, 5) is 11.3. The molecule has 2 rings (SSSR count). The van der Waals surface area contributed by atoms with E-state index < -0.39 is 5.91 Å². The van der Waals surface area contributed by atoms with Gasteiger partial charge in [-0.1, -0.05) is 12.1 Å². The lowest BCUT2D eigenvalue weighted by molar-refractivity contribution is 0.0993. The Kier molecular flexibility index (Phi) is 3.96. The second-order valence-corrected chi connectivity index (χ2v) is 4.54. The lowest BCUT2D eigenvalue weighted by Crippen LogP contribution is -2.20. The number of thiophene rings is 1. The Hall–Kier alpha value is -1.85. The largest absolute Gasteiger partial charge is 0.484 e. The van der Waals surface area contributed by atoms with Crippen LogP contribution in [0.15, 0.2) is 41.1 Å². The number of rotatable bonds is 5. The van der Waals surface area contributed by atoms with E-state index in [9.17, 15) is 4.79 Å². The van der Waals surface area contributed by atoms with Crippen molar-refractivity contribution >= 4 is 17.2 Å². The zero-order chi connectivity index (χ0) is 13.0. The summed E-state index contributed by atoms with van der Waals surface area (Å²) >= 11 is 1.58. The standard InChI is InChI=1S/C13H14N2O2S/c14-7-12(9-5-6-18-8-9)17-11-4-2-1-3-10(11)13(15)16/h1-6,8,12H,7,14H2,(H2,15,16). The van der Waals surface area contributed by atoms with Crippen LogP contribution in [-0.4, -0.2) is 12.5 Å². The Labute approximate surface area is 109 Å². The molecule has 0 saturated carbocycles. The number of benzene rings is 1. The van der Waals surface area contributed by atoms with Crippen molar-refractivity contribution in [2.75, 3.05) is 6.54 Å². The van der Waals surface area contributed by atoms with E-state index in [2.05, 4.69) is 0 Å². The van der Waals surface area contributed by atoms with Gasteiger partial charge in [0.1, 0.15) is 11.9 Å². The first-order chi connectivity index (χ1) is 8.72. The van der Waals surface area contributed by atoms with E-state index in [0.29, 0.717) is 17.9 Å². The Morgan fingerprint density at radius 1 is 1.33 bits per heavy atom. The number of para-hydroxylation sites is 1. The molecule has 0 aliphatic rings. The molecular weight excluding hydrogens is 248 g/mol. The smallest absolute Gasteiger partial charge is 0.252 e. The highest BCUT2D eigenvalue weighted by atomic mass is 32.1. The fourth-order valence-electron chi connectivity index (χ4n) is 1.64. The first-order valence-electron chi connectivity index (χ1n) is 5.50. The van der Waals surface area contributed by atoms with Crippen molar-refractivity contribution in [1.82, 2.24) is 0 Å². The molecule has 0 spiro atoms. The quantitative estimate of drug-likeness (QED) is 0.864. The molecule has 0 radical (unpaired) electrons. The Balaban J connectivity index is 2.25. The van der Waals surface area contributed by atoms with Gasteiger partial charge in [0, 0.05) is 12.1 Å². The van der Waals surface area contributed by atoms with Crippen LogP contribution < -0.4 is 16.2 Å². The number of hydrogen-bond donors (Lipinski definition) is 2. The van der Waals surface area contributed by atoms with Crippen molar-refractivity contribution in [1.29, 1.82) is 0 Å². The van der Waals surface area contributed by atoms with E-state index in [-0.39, 0.29) is 6.10 Å². The second kappa shape index (κ2) is 5.66. The van der Waals surface area contributed by atoms with Gasteiger partial charge in [-0.15, -0.1) is 0 Å². The highest BCUT2D eigenvalue weighted by Gasteiger charge is 2.15. The molecule has 1 aromatic heterocycles. The SMILES string of the molecule is NCC(Oc1ccccc1C(N)=O)c1ccsc1. The van der Waals surface area contributed by atoms with Crippen molar-refractivity contribution in [3.05, 3.63) is 52.2 Å². The summed E-state index contributed by atoms with van der Waals surface area (Å²) in [6.07, 6.45) is -0.267. The predicted molar refractivity (Wildman–Crippen MR) is 71.7 cm³/mol. The van der Waals surface area contributed by atoms with Crippen LogP contribution in [0.4, 0.5) is 0 Å². The maximum absolute atomic E-state index is 11.3. The average Bonchev–Trinajstić information content (AvgIpc) is 2.90. The minimum atomic E-state index is -0.508. The van der Waals surface area contributed by atoms with Crippen molar-refractivity contribution in [3.63, 3.8) is 0 Å². The van der Waals surface area contributed by atoms with Crippen LogP contribution in [-0.2, 0) is 0 Å². The van der Waals surface area contributed by atoms with Gasteiger partial charge in [-0.3, -0.25) is 4.79 Å². The molecule has 5 heteroatoms. The Bertz CT molecular complexity index is 526. The Morgan fingerprint density at radius 2 is 2.11 bits per heavy atom. The molecular formula is C13H14N2O2S. The van der Waals surface area contributed by atoms with Gasteiger partial charge in [-0.05, 0) is 29.0 Å². The molecule has 1 amide bonds. The van der Waals surface area contributed by atoms with Gasteiger partial charge in [0.15, 0.2) is 0 Å². The van der Waals surface area contributed by atoms with Gasteiger partial charge in [0.25, 0.3) is 5.91 Å². The molecule has 94 valence electrons. The highest BCUT2D eigenvalue weighted by molar-refractivity contribution is 7.07. The van der Waals surface area contributed by atoms with E-state index >= 15 is 0 Å². The minimum Gasteiger partial charge on any atom is -0.484 e. The first-order valence-corrected chi connectivity index (χ1v) is 6.44. The maximum Gasteiger partial charge on any atom is 0.252 e. The molecule has 1 atom stereocenters. The summed E-state index contributed by atoms with van der Waals surface area (Å²) < 4.78 is 5.78.